The van der Waals surface area contributed by atoms with Crippen molar-refractivity contribution in [1.29, 1.82) is 0 Å². The van der Waals surface area contributed by atoms with Gasteiger partial charge in [0.2, 0.25) is 0 Å². The lowest BCUT2D eigenvalue weighted by atomic mass is 10.2. The number of hydrogen-bond donors (Lipinski definition) is 2. The first-order valence-electron chi connectivity index (χ1n) is 6.80. The average molecular weight is 321 g/mol. The molecule has 6 nitrogen and oxygen atoms in total. The zero-order chi connectivity index (χ0) is 16.0. The second kappa shape index (κ2) is 7.24. The number of nitrogens with zero attached hydrogens (tertiary/aromatic N) is 1. The van der Waals surface area contributed by atoms with Crippen molar-refractivity contribution >= 4 is 21.5 Å². The zero-order valence-corrected chi connectivity index (χ0v) is 13.4. The summed E-state index contributed by atoms with van der Waals surface area (Å²) in [7, 11) is -2.00. The van der Waals surface area contributed by atoms with Crippen LogP contribution in [0.1, 0.15) is 5.56 Å². The van der Waals surface area contributed by atoms with Gasteiger partial charge < -0.3 is 10.1 Å². The largest absolute Gasteiger partial charge is 0.383 e. The van der Waals surface area contributed by atoms with E-state index in [1.807, 2.05) is 0 Å². The average Bonchev–Trinajstić information content (AvgIpc) is 2.49. The molecule has 22 heavy (non-hydrogen) atoms. The molecule has 0 aliphatic carbocycles. The van der Waals surface area contributed by atoms with Gasteiger partial charge in [-0.2, -0.15) is 0 Å². The smallest absolute Gasteiger partial charge is 0.263 e. The summed E-state index contributed by atoms with van der Waals surface area (Å²) in [5, 5.41) is 3.11. The summed E-state index contributed by atoms with van der Waals surface area (Å²) in [5.74, 6) is 0.278. The number of sulfonamides is 1. The highest BCUT2D eigenvalue weighted by Crippen LogP contribution is 2.18. The lowest BCUT2D eigenvalue weighted by Gasteiger charge is -2.10. The Morgan fingerprint density at radius 3 is 2.59 bits per heavy atom. The van der Waals surface area contributed by atoms with Gasteiger partial charge in [0.05, 0.1) is 23.4 Å². The third-order valence-corrected chi connectivity index (χ3v) is 4.54. The SMILES string of the molecule is COCCNc1ccc(NS(=O)(=O)c2ccccc2C)nc1. The van der Waals surface area contributed by atoms with E-state index in [0.29, 0.717) is 18.7 Å². The number of rotatable bonds is 7. The van der Waals surface area contributed by atoms with Crippen LogP contribution in [0, 0.1) is 6.92 Å². The Labute approximate surface area is 130 Å². The maximum Gasteiger partial charge on any atom is 0.263 e. The molecular formula is C15H19N3O3S. The molecular weight excluding hydrogens is 302 g/mol. The number of nitrogens with one attached hydrogen (secondary N) is 2. The van der Waals surface area contributed by atoms with Gasteiger partial charge in [-0.3, -0.25) is 4.72 Å². The zero-order valence-electron chi connectivity index (χ0n) is 12.5. The Hall–Kier alpha value is -2.12. The molecule has 1 aromatic carbocycles. The third-order valence-electron chi connectivity index (χ3n) is 3.02. The molecule has 0 aliphatic heterocycles. The molecule has 118 valence electrons. The van der Waals surface area contributed by atoms with E-state index in [1.165, 1.54) is 0 Å². The molecule has 1 heterocycles. The van der Waals surface area contributed by atoms with Crippen LogP contribution in [0.15, 0.2) is 47.5 Å². The first-order valence-corrected chi connectivity index (χ1v) is 8.28. The van der Waals surface area contributed by atoms with Gasteiger partial charge in [0.25, 0.3) is 10.0 Å². The van der Waals surface area contributed by atoms with E-state index in [1.54, 1.807) is 56.6 Å². The normalized spacial score (nSPS) is 11.2. The van der Waals surface area contributed by atoms with Crippen molar-refractivity contribution in [1.82, 2.24) is 4.98 Å². The molecule has 2 N–H and O–H groups in total. The van der Waals surface area contributed by atoms with Gasteiger partial charge >= 0.3 is 0 Å². The lowest BCUT2D eigenvalue weighted by molar-refractivity contribution is 0.211. The van der Waals surface area contributed by atoms with E-state index < -0.39 is 10.0 Å². The number of aryl methyl sites for hydroxylation is 1. The van der Waals surface area contributed by atoms with Crippen molar-refractivity contribution in [2.75, 3.05) is 30.3 Å². The van der Waals surface area contributed by atoms with Crippen LogP contribution in [-0.4, -0.2) is 33.7 Å². The van der Waals surface area contributed by atoms with E-state index >= 15 is 0 Å². The molecule has 0 unspecified atom stereocenters. The Morgan fingerprint density at radius 2 is 1.95 bits per heavy atom. The van der Waals surface area contributed by atoms with Crippen LogP contribution in [0.3, 0.4) is 0 Å². The first kappa shape index (κ1) is 16.3. The molecule has 0 saturated heterocycles. The number of hydrogen-bond acceptors (Lipinski definition) is 5. The van der Waals surface area contributed by atoms with Crippen molar-refractivity contribution in [3.63, 3.8) is 0 Å². The van der Waals surface area contributed by atoms with Gasteiger partial charge in [0, 0.05) is 13.7 Å². The molecule has 0 fully saturated rings. The van der Waals surface area contributed by atoms with Crippen LogP contribution in [0.2, 0.25) is 0 Å². The van der Waals surface area contributed by atoms with Crippen LogP contribution < -0.4 is 10.0 Å². The highest BCUT2D eigenvalue weighted by Gasteiger charge is 2.16. The molecule has 1 aromatic heterocycles. The first-order chi connectivity index (χ1) is 10.5. The number of ether oxygens (including phenoxy) is 1. The predicted molar refractivity (Wildman–Crippen MR) is 86.6 cm³/mol. The number of anilines is 2. The molecule has 0 radical (unpaired) electrons. The van der Waals surface area contributed by atoms with Crippen LogP contribution in [0.5, 0.6) is 0 Å². The van der Waals surface area contributed by atoms with Crippen molar-refractivity contribution < 1.29 is 13.2 Å². The van der Waals surface area contributed by atoms with Crippen LogP contribution in [-0.2, 0) is 14.8 Å². The third kappa shape index (κ3) is 4.19. The topological polar surface area (TPSA) is 80.3 Å². The van der Waals surface area contributed by atoms with E-state index in [-0.39, 0.29) is 10.7 Å². The Bertz CT molecular complexity index is 715. The van der Waals surface area contributed by atoms with Crippen molar-refractivity contribution in [2.24, 2.45) is 0 Å². The Kier molecular flexibility index (Phi) is 5.35. The fourth-order valence-electron chi connectivity index (χ4n) is 1.91. The number of aromatic nitrogens is 1. The number of pyridine rings is 1. The standard InChI is InChI=1S/C15H19N3O3S/c1-12-5-3-4-6-14(12)22(19,20)18-15-8-7-13(11-17-15)16-9-10-21-2/h3-8,11,16H,9-10H2,1-2H3,(H,17,18). The molecule has 0 atom stereocenters. The molecule has 0 bridgehead atoms. The summed E-state index contributed by atoms with van der Waals surface area (Å²) in [6, 6.07) is 10.2. The maximum absolute atomic E-state index is 12.3. The van der Waals surface area contributed by atoms with Crippen molar-refractivity contribution in [3.05, 3.63) is 48.2 Å². The molecule has 2 rings (SSSR count). The summed E-state index contributed by atoms with van der Waals surface area (Å²) in [6.07, 6.45) is 1.57. The number of methoxy groups -OCH3 is 1. The highest BCUT2D eigenvalue weighted by atomic mass is 32.2. The van der Waals surface area contributed by atoms with Crippen molar-refractivity contribution in [3.8, 4) is 0 Å². The fourth-order valence-corrected chi connectivity index (χ4v) is 3.16. The fraction of sp³-hybridized carbons (Fsp3) is 0.267. The quantitative estimate of drug-likeness (QED) is 0.765. The summed E-state index contributed by atoms with van der Waals surface area (Å²) < 4.78 is 32.1. The van der Waals surface area contributed by atoms with Gasteiger partial charge in [0.15, 0.2) is 0 Å². The van der Waals surface area contributed by atoms with Gasteiger partial charge in [-0.25, -0.2) is 13.4 Å². The van der Waals surface area contributed by atoms with Gasteiger partial charge in [-0.05, 0) is 30.7 Å². The van der Waals surface area contributed by atoms with Gasteiger partial charge in [0.1, 0.15) is 5.82 Å². The number of benzene rings is 1. The Balaban J connectivity index is 2.09. The van der Waals surface area contributed by atoms with Gasteiger partial charge in [-0.15, -0.1) is 0 Å². The van der Waals surface area contributed by atoms with E-state index in [0.717, 1.165) is 5.69 Å². The van der Waals surface area contributed by atoms with Crippen LogP contribution in [0.25, 0.3) is 0 Å². The minimum Gasteiger partial charge on any atom is -0.383 e. The van der Waals surface area contributed by atoms with Crippen LogP contribution in [0.4, 0.5) is 11.5 Å². The van der Waals surface area contributed by atoms with E-state index in [9.17, 15) is 8.42 Å². The van der Waals surface area contributed by atoms with E-state index in [4.69, 9.17) is 4.74 Å². The van der Waals surface area contributed by atoms with Crippen LogP contribution >= 0.6 is 0 Å². The van der Waals surface area contributed by atoms with Crippen molar-refractivity contribution in [2.45, 2.75) is 11.8 Å². The molecule has 0 saturated carbocycles. The predicted octanol–water partition coefficient (Wildman–Crippen LogP) is 2.25. The molecule has 7 heteroatoms. The molecule has 0 amide bonds. The maximum atomic E-state index is 12.3. The molecule has 2 aromatic rings. The Morgan fingerprint density at radius 1 is 1.18 bits per heavy atom. The second-order valence-electron chi connectivity index (χ2n) is 4.72. The minimum absolute atomic E-state index is 0.249. The highest BCUT2D eigenvalue weighted by molar-refractivity contribution is 7.92. The molecule has 0 spiro atoms. The minimum atomic E-state index is -3.63. The summed E-state index contributed by atoms with van der Waals surface area (Å²) in [4.78, 5) is 4.35. The summed E-state index contributed by atoms with van der Waals surface area (Å²) >= 11 is 0. The van der Waals surface area contributed by atoms with Gasteiger partial charge in [-0.1, -0.05) is 18.2 Å². The molecule has 0 aliphatic rings. The monoisotopic (exact) mass is 321 g/mol. The summed E-state index contributed by atoms with van der Waals surface area (Å²) in [5.41, 5.74) is 1.49. The lowest BCUT2D eigenvalue weighted by Crippen LogP contribution is -2.15. The second-order valence-corrected chi connectivity index (χ2v) is 6.37. The van der Waals surface area contributed by atoms with E-state index in [2.05, 4.69) is 15.0 Å². The summed E-state index contributed by atoms with van der Waals surface area (Å²) in [6.45, 7) is 3.00.